The lowest BCUT2D eigenvalue weighted by Crippen LogP contribution is -1.95. The molecule has 2 aromatic heterocycles. The highest BCUT2D eigenvalue weighted by Gasteiger charge is 2.10. The van der Waals surface area contributed by atoms with Crippen LogP contribution in [0.25, 0.3) is 11.3 Å². The average molecular weight is 209 g/mol. The first-order valence-corrected chi connectivity index (χ1v) is 5.01. The van der Waals surface area contributed by atoms with Gasteiger partial charge in [0.05, 0.1) is 5.69 Å². The van der Waals surface area contributed by atoms with E-state index in [1.807, 2.05) is 32.0 Å². The molecule has 0 N–H and O–H groups in total. The molecule has 3 nitrogen and oxygen atoms in total. The highest BCUT2D eigenvalue weighted by Crippen LogP contribution is 2.24. The summed E-state index contributed by atoms with van der Waals surface area (Å²) in [6, 6.07) is 7.74. The Morgan fingerprint density at radius 1 is 1.12 bits per heavy atom. The summed E-state index contributed by atoms with van der Waals surface area (Å²) in [7, 11) is 0. The van der Waals surface area contributed by atoms with Gasteiger partial charge in [-0.05, 0) is 43.2 Å². The summed E-state index contributed by atoms with van der Waals surface area (Å²) >= 11 is 0. The Kier molecular flexibility index (Phi) is 2.65. The molecule has 0 saturated heterocycles. The van der Waals surface area contributed by atoms with E-state index in [0.29, 0.717) is 5.69 Å². The molecule has 0 amide bonds. The predicted octanol–water partition coefficient (Wildman–Crippen LogP) is 2.63. The molecule has 78 valence electrons. The van der Waals surface area contributed by atoms with Crippen LogP contribution < -0.4 is 0 Å². The standard InChI is InChI=1S/C13H11N3/c1-9-5-7-16-13(10(9)2)11-4-3-6-15-12(11)8-14/h3-7H,1-2H3. The van der Waals surface area contributed by atoms with E-state index < -0.39 is 0 Å². The minimum absolute atomic E-state index is 0.420. The second kappa shape index (κ2) is 4.11. The maximum atomic E-state index is 9.00. The fraction of sp³-hybridized carbons (Fsp3) is 0.154. The smallest absolute Gasteiger partial charge is 0.149 e. The second-order valence-electron chi connectivity index (χ2n) is 3.61. The van der Waals surface area contributed by atoms with Crippen molar-refractivity contribution in [2.75, 3.05) is 0 Å². The molecule has 0 radical (unpaired) electrons. The Morgan fingerprint density at radius 3 is 2.69 bits per heavy atom. The van der Waals surface area contributed by atoms with Gasteiger partial charge in [-0.3, -0.25) is 4.98 Å². The van der Waals surface area contributed by atoms with Crippen molar-refractivity contribution in [2.24, 2.45) is 0 Å². The summed E-state index contributed by atoms with van der Waals surface area (Å²) in [6.45, 7) is 4.04. The molecule has 2 rings (SSSR count). The molecule has 0 bridgehead atoms. The van der Waals surface area contributed by atoms with Gasteiger partial charge in [-0.25, -0.2) is 4.98 Å². The molecular formula is C13H11N3. The van der Waals surface area contributed by atoms with Crippen LogP contribution in [-0.4, -0.2) is 9.97 Å². The van der Waals surface area contributed by atoms with Crippen LogP contribution in [0.5, 0.6) is 0 Å². The van der Waals surface area contributed by atoms with Gasteiger partial charge in [0.15, 0.2) is 0 Å². The molecule has 0 atom stereocenters. The average Bonchev–Trinajstić information content (AvgIpc) is 2.33. The van der Waals surface area contributed by atoms with E-state index in [9.17, 15) is 0 Å². The molecule has 0 saturated carbocycles. The highest BCUT2D eigenvalue weighted by atomic mass is 14.7. The van der Waals surface area contributed by atoms with Crippen molar-refractivity contribution in [1.29, 1.82) is 5.26 Å². The third kappa shape index (κ3) is 1.66. The first-order chi connectivity index (χ1) is 7.74. The number of hydrogen-bond acceptors (Lipinski definition) is 3. The Bertz CT molecular complexity index is 568. The zero-order chi connectivity index (χ0) is 11.5. The lowest BCUT2D eigenvalue weighted by atomic mass is 10.0. The maximum Gasteiger partial charge on any atom is 0.149 e. The van der Waals surface area contributed by atoms with E-state index in [1.165, 1.54) is 0 Å². The second-order valence-corrected chi connectivity index (χ2v) is 3.61. The van der Waals surface area contributed by atoms with E-state index in [2.05, 4.69) is 16.0 Å². The predicted molar refractivity (Wildman–Crippen MR) is 61.7 cm³/mol. The topological polar surface area (TPSA) is 49.6 Å². The van der Waals surface area contributed by atoms with Crippen LogP contribution in [0.15, 0.2) is 30.6 Å². The first-order valence-electron chi connectivity index (χ1n) is 5.01. The quantitative estimate of drug-likeness (QED) is 0.725. The summed E-state index contributed by atoms with van der Waals surface area (Å²) in [5.41, 5.74) is 4.31. The summed E-state index contributed by atoms with van der Waals surface area (Å²) in [5.74, 6) is 0. The van der Waals surface area contributed by atoms with Gasteiger partial charge in [-0.2, -0.15) is 5.26 Å². The van der Waals surface area contributed by atoms with Crippen molar-refractivity contribution < 1.29 is 0 Å². The monoisotopic (exact) mass is 209 g/mol. The Hall–Kier alpha value is -2.21. The van der Waals surface area contributed by atoms with Crippen molar-refractivity contribution >= 4 is 0 Å². The third-order valence-corrected chi connectivity index (χ3v) is 2.64. The van der Waals surface area contributed by atoms with Crippen LogP contribution in [0, 0.1) is 25.2 Å². The zero-order valence-electron chi connectivity index (χ0n) is 9.23. The zero-order valence-corrected chi connectivity index (χ0v) is 9.23. The molecule has 3 heteroatoms. The largest absolute Gasteiger partial charge is 0.256 e. The van der Waals surface area contributed by atoms with Gasteiger partial charge in [0.1, 0.15) is 11.8 Å². The van der Waals surface area contributed by atoms with Crippen LogP contribution in [0.2, 0.25) is 0 Å². The number of hydrogen-bond donors (Lipinski definition) is 0. The van der Waals surface area contributed by atoms with Crippen LogP contribution >= 0.6 is 0 Å². The SMILES string of the molecule is Cc1ccnc(-c2cccnc2C#N)c1C. The van der Waals surface area contributed by atoms with Crippen molar-refractivity contribution in [3.8, 4) is 17.3 Å². The molecule has 0 aliphatic heterocycles. The Labute approximate surface area is 94.4 Å². The number of aryl methyl sites for hydroxylation is 1. The van der Waals surface area contributed by atoms with Crippen molar-refractivity contribution in [3.05, 3.63) is 47.4 Å². The van der Waals surface area contributed by atoms with E-state index in [0.717, 1.165) is 22.4 Å². The number of pyridine rings is 2. The molecule has 2 heterocycles. The van der Waals surface area contributed by atoms with Gasteiger partial charge in [-0.1, -0.05) is 0 Å². The lowest BCUT2D eigenvalue weighted by molar-refractivity contribution is 1.19. The van der Waals surface area contributed by atoms with Crippen LogP contribution in [0.1, 0.15) is 16.8 Å². The minimum atomic E-state index is 0.420. The molecule has 0 spiro atoms. The molecule has 0 unspecified atom stereocenters. The summed E-state index contributed by atoms with van der Waals surface area (Å²) in [4.78, 5) is 8.37. The first kappa shape index (κ1) is 10.3. The molecule has 0 aromatic carbocycles. The Balaban J connectivity index is 2.69. The Morgan fingerprint density at radius 2 is 1.94 bits per heavy atom. The van der Waals surface area contributed by atoms with E-state index in [4.69, 9.17) is 5.26 Å². The molecule has 16 heavy (non-hydrogen) atoms. The normalized spacial score (nSPS) is 9.81. The number of nitriles is 1. The number of nitrogens with zero attached hydrogens (tertiary/aromatic N) is 3. The minimum Gasteiger partial charge on any atom is -0.256 e. The molecular weight excluding hydrogens is 198 g/mol. The van der Waals surface area contributed by atoms with Gasteiger partial charge in [0, 0.05) is 18.0 Å². The van der Waals surface area contributed by atoms with Gasteiger partial charge in [-0.15, -0.1) is 0 Å². The third-order valence-electron chi connectivity index (χ3n) is 2.64. The highest BCUT2D eigenvalue weighted by molar-refractivity contribution is 5.68. The van der Waals surface area contributed by atoms with Gasteiger partial charge >= 0.3 is 0 Å². The molecule has 0 aliphatic rings. The molecule has 0 aliphatic carbocycles. The number of rotatable bonds is 1. The fourth-order valence-corrected chi connectivity index (χ4v) is 1.59. The van der Waals surface area contributed by atoms with E-state index in [1.54, 1.807) is 12.4 Å². The van der Waals surface area contributed by atoms with Crippen molar-refractivity contribution in [2.45, 2.75) is 13.8 Å². The van der Waals surface area contributed by atoms with Crippen LogP contribution in [0.3, 0.4) is 0 Å². The van der Waals surface area contributed by atoms with Gasteiger partial charge in [0.25, 0.3) is 0 Å². The maximum absolute atomic E-state index is 9.00. The van der Waals surface area contributed by atoms with Gasteiger partial charge in [0.2, 0.25) is 0 Å². The van der Waals surface area contributed by atoms with E-state index >= 15 is 0 Å². The summed E-state index contributed by atoms with van der Waals surface area (Å²) in [5, 5.41) is 9.00. The fourth-order valence-electron chi connectivity index (χ4n) is 1.59. The summed E-state index contributed by atoms with van der Waals surface area (Å²) in [6.07, 6.45) is 3.37. The van der Waals surface area contributed by atoms with Crippen LogP contribution in [0.4, 0.5) is 0 Å². The molecule has 2 aromatic rings. The van der Waals surface area contributed by atoms with Gasteiger partial charge < -0.3 is 0 Å². The molecule has 0 fully saturated rings. The van der Waals surface area contributed by atoms with Crippen LogP contribution in [-0.2, 0) is 0 Å². The lowest BCUT2D eigenvalue weighted by Gasteiger charge is -2.07. The summed E-state index contributed by atoms with van der Waals surface area (Å²) < 4.78 is 0. The van der Waals surface area contributed by atoms with Crippen molar-refractivity contribution in [3.63, 3.8) is 0 Å². The van der Waals surface area contributed by atoms with Crippen molar-refractivity contribution in [1.82, 2.24) is 9.97 Å². The number of aromatic nitrogens is 2. The van der Waals surface area contributed by atoms with E-state index in [-0.39, 0.29) is 0 Å².